The van der Waals surface area contributed by atoms with E-state index in [9.17, 15) is 0 Å². The van der Waals surface area contributed by atoms with Crippen LogP contribution in [0, 0.1) is 17.8 Å². The highest BCUT2D eigenvalue weighted by atomic mass is 15.2. The minimum atomic E-state index is 0.932. The van der Waals surface area contributed by atoms with Gasteiger partial charge in [0.25, 0.3) is 0 Å². The largest absolute Gasteiger partial charge is 0.316 e. The van der Waals surface area contributed by atoms with Crippen LogP contribution in [0.5, 0.6) is 0 Å². The monoisotopic (exact) mass is 236 g/mol. The fourth-order valence-electron chi connectivity index (χ4n) is 3.64. The number of nitrogens with one attached hydrogen (secondary N) is 1. The second-order valence-corrected chi connectivity index (χ2v) is 6.52. The van der Waals surface area contributed by atoms with E-state index in [0.717, 1.165) is 23.8 Å². The zero-order chi connectivity index (χ0) is 11.7. The second kappa shape index (κ2) is 5.27. The summed E-state index contributed by atoms with van der Waals surface area (Å²) in [4.78, 5) is 2.85. The summed E-state index contributed by atoms with van der Waals surface area (Å²) in [6, 6.07) is 0.992. The molecule has 1 unspecified atom stereocenters. The summed E-state index contributed by atoms with van der Waals surface area (Å²) in [7, 11) is 0. The Morgan fingerprint density at radius 2 is 1.82 bits per heavy atom. The van der Waals surface area contributed by atoms with E-state index in [1.165, 1.54) is 64.7 Å². The molecule has 0 aromatic heterocycles. The number of nitrogens with zero attached hydrogens (tertiary/aromatic N) is 1. The number of rotatable bonds is 7. The van der Waals surface area contributed by atoms with Crippen LogP contribution in [0.4, 0.5) is 0 Å². The fraction of sp³-hybridized carbons (Fsp3) is 1.00. The van der Waals surface area contributed by atoms with Crippen molar-refractivity contribution in [1.82, 2.24) is 10.2 Å². The Hall–Kier alpha value is -0.0800. The van der Waals surface area contributed by atoms with Crippen LogP contribution in [0.3, 0.4) is 0 Å². The van der Waals surface area contributed by atoms with Gasteiger partial charge in [0.05, 0.1) is 0 Å². The molecule has 0 bridgehead atoms. The SMILES string of the molecule is CCCNCC1CCN(C(C2CC2)C2CC2)C1. The molecule has 98 valence electrons. The topological polar surface area (TPSA) is 15.3 Å². The van der Waals surface area contributed by atoms with E-state index in [4.69, 9.17) is 0 Å². The molecule has 3 aliphatic rings. The molecule has 2 heteroatoms. The molecule has 0 amide bonds. The highest BCUT2D eigenvalue weighted by molar-refractivity contribution is 4.99. The summed E-state index contributed by atoms with van der Waals surface area (Å²) in [5.41, 5.74) is 0. The molecular formula is C15H28N2. The predicted molar refractivity (Wildman–Crippen MR) is 72.1 cm³/mol. The van der Waals surface area contributed by atoms with E-state index in [1.807, 2.05) is 0 Å². The molecule has 1 aliphatic heterocycles. The first-order valence-corrected chi connectivity index (χ1v) is 7.83. The van der Waals surface area contributed by atoms with E-state index in [-0.39, 0.29) is 0 Å². The van der Waals surface area contributed by atoms with Gasteiger partial charge in [0.15, 0.2) is 0 Å². The van der Waals surface area contributed by atoms with Crippen molar-refractivity contribution >= 4 is 0 Å². The van der Waals surface area contributed by atoms with Gasteiger partial charge in [-0.05, 0) is 75.9 Å². The molecule has 0 aromatic rings. The van der Waals surface area contributed by atoms with Gasteiger partial charge in [0.1, 0.15) is 0 Å². The lowest BCUT2D eigenvalue weighted by molar-refractivity contribution is 0.187. The van der Waals surface area contributed by atoms with E-state index < -0.39 is 0 Å². The third kappa shape index (κ3) is 3.03. The first kappa shape index (κ1) is 12.0. The summed E-state index contributed by atoms with van der Waals surface area (Å²) in [6.07, 6.45) is 8.80. The number of hydrogen-bond donors (Lipinski definition) is 1. The van der Waals surface area contributed by atoms with Crippen LogP contribution >= 0.6 is 0 Å². The van der Waals surface area contributed by atoms with Crippen LogP contribution in [0.15, 0.2) is 0 Å². The van der Waals surface area contributed by atoms with Crippen molar-refractivity contribution in [1.29, 1.82) is 0 Å². The lowest BCUT2D eigenvalue weighted by Gasteiger charge is -2.28. The minimum Gasteiger partial charge on any atom is -0.316 e. The highest BCUT2D eigenvalue weighted by Crippen LogP contribution is 2.48. The van der Waals surface area contributed by atoms with Gasteiger partial charge in [-0.25, -0.2) is 0 Å². The summed E-state index contributed by atoms with van der Waals surface area (Å²) in [5, 5.41) is 3.60. The fourth-order valence-corrected chi connectivity index (χ4v) is 3.64. The van der Waals surface area contributed by atoms with Crippen LogP contribution in [0.25, 0.3) is 0 Å². The molecule has 0 radical (unpaired) electrons. The van der Waals surface area contributed by atoms with Crippen molar-refractivity contribution in [2.75, 3.05) is 26.2 Å². The Morgan fingerprint density at radius 3 is 2.41 bits per heavy atom. The average Bonchev–Trinajstić information content (AvgIpc) is 3.22. The van der Waals surface area contributed by atoms with Gasteiger partial charge >= 0.3 is 0 Å². The van der Waals surface area contributed by atoms with Crippen molar-refractivity contribution in [2.45, 2.75) is 51.5 Å². The van der Waals surface area contributed by atoms with E-state index in [0.29, 0.717) is 0 Å². The quantitative estimate of drug-likeness (QED) is 0.683. The Kier molecular flexibility index (Phi) is 3.72. The van der Waals surface area contributed by atoms with Gasteiger partial charge in [0.2, 0.25) is 0 Å². The maximum Gasteiger partial charge on any atom is 0.0152 e. The van der Waals surface area contributed by atoms with Crippen LogP contribution in [-0.2, 0) is 0 Å². The zero-order valence-electron chi connectivity index (χ0n) is 11.3. The molecule has 2 aliphatic carbocycles. The summed E-state index contributed by atoms with van der Waals surface area (Å²) in [5.74, 6) is 3.11. The third-order valence-electron chi connectivity index (χ3n) is 4.81. The summed E-state index contributed by atoms with van der Waals surface area (Å²) in [6.45, 7) is 7.48. The molecule has 3 fully saturated rings. The molecule has 0 aromatic carbocycles. The maximum atomic E-state index is 3.60. The van der Waals surface area contributed by atoms with E-state index in [1.54, 1.807) is 0 Å². The molecule has 1 atom stereocenters. The van der Waals surface area contributed by atoms with Crippen molar-refractivity contribution in [3.05, 3.63) is 0 Å². The molecule has 1 N–H and O–H groups in total. The molecule has 1 saturated heterocycles. The van der Waals surface area contributed by atoms with Crippen molar-refractivity contribution in [3.63, 3.8) is 0 Å². The second-order valence-electron chi connectivity index (χ2n) is 6.52. The summed E-state index contributed by atoms with van der Waals surface area (Å²) < 4.78 is 0. The van der Waals surface area contributed by atoms with Crippen LogP contribution in [0.2, 0.25) is 0 Å². The smallest absolute Gasteiger partial charge is 0.0152 e. The van der Waals surface area contributed by atoms with Gasteiger partial charge in [0, 0.05) is 12.6 Å². The van der Waals surface area contributed by atoms with Gasteiger partial charge in [-0.15, -0.1) is 0 Å². The normalized spacial score (nSPS) is 30.4. The first-order valence-electron chi connectivity index (χ1n) is 7.83. The average molecular weight is 236 g/mol. The predicted octanol–water partition coefficient (Wildman–Crippen LogP) is 2.50. The van der Waals surface area contributed by atoms with Crippen LogP contribution in [-0.4, -0.2) is 37.1 Å². The van der Waals surface area contributed by atoms with Gasteiger partial charge in [-0.1, -0.05) is 6.92 Å². The molecule has 17 heavy (non-hydrogen) atoms. The number of hydrogen-bond acceptors (Lipinski definition) is 2. The Labute approximate surface area is 106 Å². The zero-order valence-corrected chi connectivity index (χ0v) is 11.3. The van der Waals surface area contributed by atoms with Crippen LogP contribution in [0.1, 0.15) is 45.4 Å². The van der Waals surface area contributed by atoms with E-state index >= 15 is 0 Å². The maximum absolute atomic E-state index is 3.60. The lowest BCUT2D eigenvalue weighted by atomic mass is 10.1. The molecule has 1 heterocycles. The van der Waals surface area contributed by atoms with Gasteiger partial charge in [-0.2, -0.15) is 0 Å². The van der Waals surface area contributed by atoms with Crippen molar-refractivity contribution in [3.8, 4) is 0 Å². The standard InChI is InChI=1S/C15H28N2/c1-2-8-16-10-12-7-9-17(11-12)15(13-3-4-13)14-5-6-14/h12-16H,2-11H2,1H3. The summed E-state index contributed by atoms with van der Waals surface area (Å²) >= 11 is 0. The van der Waals surface area contributed by atoms with Gasteiger partial charge in [-0.3, -0.25) is 4.90 Å². The van der Waals surface area contributed by atoms with Crippen molar-refractivity contribution < 1.29 is 0 Å². The first-order chi connectivity index (χ1) is 8.38. The van der Waals surface area contributed by atoms with Crippen LogP contribution < -0.4 is 5.32 Å². The molecular weight excluding hydrogens is 208 g/mol. The third-order valence-corrected chi connectivity index (χ3v) is 4.81. The minimum absolute atomic E-state index is 0.932. The lowest BCUT2D eigenvalue weighted by Crippen LogP contribution is -2.37. The Morgan fingerprint density at radius 1 is 1.12 bits per heavy atom. The van der Waals surface area contributed by atoms with Crippen molar-refractivity contribution in [2.24, 2.45) is 17.8 Å². The molecule has 3 rings (SSSR count). The number of likely N-dealkylation sites (tertiary alicyclic amines) is 1. The molecule has 2 saturated carbocycles. The molecule has 2 nitrogen and oxygen atoms in total. The molecule has 0 spiro atoms. The van der Waals surface area contributed by atoms with E-state index in [2.05, 4.69) is 17.1 Å². The Bertz CT molecular complexity index is 233. The highest BCUT2D eigenvalue weighted by Gasteiger charge is 2.45. The van der Waals surface area contributed by atoms with Gasteiger partial charge < -0.3 is 5.32 Å². The Balaban J connectivity index is 1.45.